The van der Waals surface area contributed by atoms with Gasteiger partial charge in [0.15, 0.2) is 5.78 Å². The highest BCUT2D eigenvalue weighted by molar-refractivity contribution is 6.16. The fourth-order valence-corrected chi connectivity index (χ4v) is 6.01. The van der Waals surface area contributed by atoms with Crippen LogP contribution in [-0.2, 0) is 4.79 Å². The molecular weight excluding hydrogens is 432 g/mol. The number of benzene rings is 2. The Kier molecular flexibility index (Phi) is 5.83. The Bertz CT molecular complexity index is 1190. The standard InChI is InChI=1S/C29H29F2NO2/c1-29(2)15-22-25(23(33)16-29)24(17-7-11-20(30)12-8-17)26(27(32-22)18-5-3-4-6-18)28(34)19-9-13-21(31)14-10-19/h7-14,18,24-25H,3-6,15-16H2,1-2H3. The van der Waals surface area contributed by atoms with E-state index in [9.17, 15) is 18.4 Å². The summed E-state index contributed by atoms with van der Waals surface area (Å²) >= 11 is 0. The minimum absolute atomic E-state index is 0.0687. The van der Waals surface area contributed by atoms with Gasteiger partial charge in [-0.3, -0.25) is 14.6 Å². The van der Waals surface area contributed by atoms with E-state index >= 15 is 0 Å². The molecule has 5 rings (SSSR count). The molecule has 0 radical (unpaired) electrons. The number of fused-ring (bicyclic) bond motifs is 1. The molecule has 0 saturated heterocycles. The first kappa shape index (κ1) is 22.8. The zero-order valence-electron chi connectivity index (χ0n) is 19.6. The lowest BCUT2D eigenvalue weighted by atomic mass is 9.62. The maximum Gasteiger partial charge on any atom is 0.191 e. The van der Waals surface area contributed by atoms with Crippen LogP contribution in [0, 0.1) is 28.9 Å². The molecule has 3 aliphatic rings. The van der Waals surface area contributed by atoms with Crippen LogP contribution in [0.3, 0.4) is 0 Å². The monoisotopic (exact) mass is 461 g/mol. The fraction of sp³-hybridized carbons (Fsp3) is 0.414. The van der Waals surface area contributed by atoms with E-state index < -0.39 is 17.7 Å². The summed E-state index contributed by atoms with van der Waals surface area (Å²) in [5.74, 6) is -1.85. The third kappa shape index (κ3) is 4.17. The van der Waals surface area contributed by atoms with Crippen molar-refractivity contribution in [3.63, 3.8) is 0 Å². The molecule has 2 aromatic rings. The maximum atomic E-state index is 14.0. The molecule has 2 aliphatic carbocycles. The van der Waals surface area contributed by atoms with Gasteiger partial charge in [0.2, 0.25) is 0 Å². The molecule has 0 amide bonds. The molecular formula is C29H29F2NO2. The van der Waals surface area contributed by atoms with Crippen LogP contribution in [0.15, 0.2) is 64.8 Å². The largest absolute Gasteiger partial charge is 0.299 e. The van der Waals surface area contributed by atoms with Crippen molar-refractivity contribution >= 4 is 17.3 Å². The minimum Gasteiger partial charge on any atom is -0.299 e. The molecule has 0 N–H and O–H groups in total. The summed E-state index contributed by atoms with van der Waals surface area (Å²) in [6, 6.07) is 11.7. The smallest absolute Gasteiger partial charge is 0.191 e. The zero-order valence-corrected chi connectivity index (χ0v) is 19.6. The summed E-state index contributed by atoms with van der Waals surface area (Å²) in [5, 5.41) is 0. The van der Waals surface area contributed by atoms with Gasteiger partial charge in [0.25, 0.3) is 0 Å². The van der Waals surface area contributed by atoms with E-state index in [1.165, 1.54) is 36.4 Å². The topological polar surface area (TPSA) is 46.5 Å². The molecule has 2 unspecified atom stereocenters. The third-order valence-corrected chi connectivity index (χ3v) is 7.52. The zero-order chi connectivity index (χ0) is 24.0. The molecule has 3 nitrogen and oxygen atoms in total. The van der Waals surface area contributed by atoms with Crippen LogP contribution < -0.4 is 0 Å². The van der Waals surface area contributed by atoms with Gasteiger partial charge in [0.1, 0.15) is 17.4 Å². The van der Waals surface area contributed by atoms with Gasteiger partial charge in [-0.05, 0) is 66.6 Å². The molecule has 0 bridgehead atoms. The lowest BCUT2D eigenvalue weighted by molar-refractivity contribution is -0.124. The van der Waals surface area contributed by atoms with E-state index in [1.54, 1.807) is 12.1 Å². The number of Topliss-reactive ketones (excluding diaryl/α,β-unsaturated/α-hetero) is 2. The lowest BCUT2D eigenvalue weighted by Crippen LogP contribution is -2.44. The van der Waals surface area contributed by atoms with Crippen LogP contribution in [0.25, 0.3) is 0 Å². The van der Waals surface area contributed by atoms with Crippen LogP contribution in [0.2, 0.25) is 0 Å². The molecule has 5 heteroatoms. The molecule has 1 aliphatic heterocycles. The van der Waals surface area contributed by atoms with Crippen molar-refractivity contribution in [3.8, 4) is 0 Å². The van der Waals surface area contributed by atoms with Crippen LogP contribution in [-0.4, -0.2) is 17.3 Å². The Morgan fingerprint density at radius 3 is 2.09 bits per heavy atom. The van der Waals surface area contributed by atoms with Gasteiger partial charge in [-0.2, -0.15) is 0 Å². The Balaban J connectivity index is 1.74. The van der Waals surface area contributed by atoms with Gasteiger partial charge in [-0.25, -0.2) is 8.78 Å². The van der Waals surface area contributed by atoms with Gasteiger partial charge in [-0.1, -0.05) is 38.8 Å². The van der Waals surface area contributed by atoms with Crippen LogP contribution in [0.5, 0.6) is 0 Å². The van der Waals surface area contributed by atoms with Crippen molar-refractivity contribution in [2.45, 2.75) is 58.3 Å². The van der Waals surface area contributed by atoms with E-state index in [1.807, 2.05) is 0 Å². The molecule has 2 aromatic carbocycles. The van der Waals surface area contributed by atoms with Gasteiger partial charge < -0.3 is 0 Å². The first-order valence-corrected chi connectivity index (χ1v) is 12.1. The van der Waals surface area contributed by atoms with Crippen molar-refractivity contribution in [1.29, 1.82) is 0 Å². The number of carbonyl (C=O) groups is 2. The van der Waals surface area contributed by atoms with Crippen LogP contribution in [0.4, 0.5) is 8.78 Å². The number of halogens is 2. The van der Waals surface area contributed by atoms with E-state index in [-0.39, 0.29) is 28.7 Å². The summed E-state index contributed by atoms with van der Waals surface area (Å²) in [5.41, 5.74) is 3.06. The highest BCUT2D eigenvalue weighted by Gasteiger charge is 2.48. The number of hydrogen-bond acceptors (Lipinski definition) is 3. The summed E-state index contributed by atoms with van der Waals surface area (Å²) in [4.78, 5) is 32.6. The Morgan fingerprint density at radius 1 is 0.882 bits per heavy atom. The Morgan fingerprint density at radius 2 is 1.47 bits per heavy atom. The average molecular weight is 462 g/mol. The maximum absolute atomic E-state index is 14.0. The second-order valence-corrected chi connectivity index (χ2v) is 10.7. The number of hydrogen-bond donors (Lipinski definition) is 0. The SMILES string of the molecule is CC1(C)CC(=O)C2C(=NC(C3CCCC3)=C(C(=O)c3ccc(F)cc3)C2c2ccc(F)cc2)C1. The molecule has 34 heavy (non-hydrogen) atoms. The fourth-order valence-electron chi connectivity index (χ4n) is 6.01. The first-order chi connectivity index (χ1) is 16.2. The second-order valence-electron chi connectivity index (χ2n) is 10.7. The quantitative estimate of drug-likeness (QED) is 0.468. The van der Waals surface area contributed by atoms with Gasteiger partial charge in [0.05, 0.1) is 11.6 Å². The summed E-state index contributed by atoms with van der Waals surface area (Å²) in [7, 11) is 0. The number of nitrogens with zero attached hydrogens (tertiary/aromatic N) is 1. The van der Waals surface area contributed by atoms with E-state index in [0.29, 0.717) is 24.0 Å². The minimum atomic E-state index is -0.539. The van der Waals surface area contributed by atoms with Crippen LogP contribution >= 0.6 is 0 Å². The highest BCUT2D eigenvalue weighted by Crippen LogP contribution is 2.50. The van der Waals surface area contributed by atoms with Crippen molar-refractivity contribution < 1.29 is 18.4 Å². The summed E-state index contributed by atoms with van der Waals surface area (Å²) < 4.78 is 27.5. The van der Waals surface area contributed by atoms with Gasteiger partial charge in [0, 0.05) is 35.1 Å². The molecule has 2 atom stereocenters. The highest BCUT2D eigenvalue weighted by atomic mass is 19.1. The number of ketones is 2. The predicted molar refractivity (Wildman–Crippen MR) is 128 cm³/mol. The third-order valence-electron chi connectivity index (χ3n) is 7.52. The van der Waals surface area contributed by atoms with Crippen molar-refractivity contribution in [1.82, 2.24) is 0 Å². The molecule has 1 heterocycles. The Hall–Kier alpha value is -2.95. The van der Waals surface area contributed by atoms with Crippen molar-refractivity contribution in [2.75, 3.05) is 0 Å². The second kappa shape index (κ2) is 8.68. The molecule has 0 aromatic heterocycles. The van der Waals surface area contributed by atoms with Gasteiger partial charge in [-0.15, -0.1) is 0 Å². The molecule has 0 spiro atoms. The summed E-state index contributed by atoms with van der Waals surface area (Å²) in [6.07, 6.45) is 5.15. The first-order valence-electron chi connectivity index (χ1n) is 12.1. The van der Waals surface area contributed by atoms with Gasteiger partial charge >= 0.3 is 0 Å². The number of carbonyl (C=O) groups excluding carboxylic acids is 2. The predicted octanol–water partition coefficient (Wildman–Crippen LogP) is 6.84. The number of rotatable bonds is 4. The van der Waals surface area contributed by atoms with Crippen molar-refractivity contribution in [2.24, 2.45) is 22.2 Å². The molecule has 176 valence electrons. The Labute approximate surface area is 199 Å². The number of aliphatic imine (C=N–C) groups is 1. The molecule has 2 saturated carbocycles. The van der Waals surface area contributed by atoms with E-state index in [2.05, 4.69) is 13.8 Å². The van der Waals surface area contributed by atoms with E-state index in [0.717, 1.165) is 42.7 Å². The van der Waals surface area contributed by atoms with Crippen LogP contribution in [0.1, 0.15) is 74.2 Å². The molecule has 2 fully saturated rings. The van der Waals surface area contributed by atoms with Crippen molar-refractivity contribution in [3.05, 3.63) is 82.6 Å². The number of allylic oxidation sites excluding steroid dienone is 2. The lowest BCUT2D eigenvalue weighted by Gasteiger charge is -2.42. The van der Waals surface area contributed by atoms with E-state index in [4.69, 9.17) is 4.99 Å². The summed E-state index contributed by atoms with van der Waals surface area (Å²) in [6.45, 7) is 4.16. The average Bonchev–Trinajstić information content (AvgIpc) is 3.32. The normalized spacial score (nSPS) is 24.7.